The molecule has 3 rings (SSSR count). The lowest BCUT2D eigenvalue weighted by Crippen LogP contribution is -2.29. The monoisotopic (exact) mass is 278 g/mol. The first-order valence-corrected chi connectivity index (χ1v) is 7.05. The van der Waals surface area contributed by atoms with Crippen LogP contribution in [-0.4, -0.2) is 6.61 Å². The average molecular weight is 278 g/mol. The van der Waals surface area contributed by atoms with Crippen molar-refractivity contribution in [3.05, 3.63) is 46.8 Å². The molecule has 3 nitrogen and oxygen atoms in total. The zero-order valence-corrected chi connectivity index (χ0v) is 11.2. The number of nitrogens with one attached hydrogen (secondary N) is 1. The molecule has 2 heterocycles. The SMILES string of the molecule is NNC(C1=COCCC1)c1cc2ccc(F)cc2s1. The largest absolute Gasteiger partial charge is 0.501 e. The third-order valence-corrected chi connectivity index (χ3v) is 4.45. The highest BCUT2D eigenvalue weighted by Crippen LogP contribution is 2.35. The highest BCUT2D eigenvalue weighted by Gasteiger charge is 2.20. The minimum Gasteiger partial charge on any atom is -0.501 e. The summed E-state index contributed by atoms with van der Waals surface area (Å²) in [5.74, 6) is 5.46. The van der Waals surface area contributed by atoms with E-state index in [4.69, 9.17) is 10.6 Å². The molecular weight excluding hydrogens is 263 g/mol. The Morgan fingerprint density at radius 3 is 3.00 bits per heavy atom. The Kier molecular flexibility index (Phi) is 3.50. The second kappa shape index (κ2) is 5.28. The normalized spacial score (nSPS) is 17.1. The fourth-order valence-electron chi connectivity index (χ4n) is 2.34. The van der Waals surface area contributed by atoms with Crippen LogP contribution in [-0.2, 0) is 4.74 Å². The van der Waals surface area contributed by atoms with E-state index in [-0.39, 0.29) is 11.9 Å². The van der Waals surface area contributed by atoms with E-state index in [9.17, 15) is 4.39 Å². The van der Waals surface area contributed by atoms with Crippen LogP contribution in [0.25, 0.3) is 10.1 Å². The Morgan fingerprint density at radius 2 is 2.26 bits per heavy atom. The second-order valence-electron chi connectivity index (χ2n) is 4.60. The maximum atomic E-state index is 13.2. The van der Waals surface area contributed by atoms with Crippen LogP contribution in [0.2, 0.25) is 0 Å². The maximum absolute atomic E-state index is 13.2. The molecule has 1 aromatic carbocycles. The van der Waals surface area contributed by atoms with Gasteiger partial charge < -0.3 is 4.74 Å². The number of halogens is 1. The van der Waals surface area contributed by atoms with Crippen LogP contribution in [0.1, 0.15) is 23.8 Å². The summed E-state index contributed by atoms with van der Waals surface area (Å²) in [4.78, 5) is 1.08. The molecule has 0 radical (unpaired) electrons. The molecule has 0 saturated carbocycles. The van der Waals surface area contributed by atoms with Crippen LogP contribution in [0, 0.1) is 5.82 Å². The number of benzene rings is 1. The predicted molar refractivity (Wildman–Crippen MR) is 75.1 cm³/mol. The van der Waals surface area contributed by atoms with Gasteiger partial charge in [0.05, 0.1) is 18.9 Å². The first kappa shape index (κ1) is 12.6. The van der Waals surface area contributed by atoms with Gasteiger partial charge in [-0.15, -0.1) is 11.3 Å². The number of hydrazine groups is 1. The van der Waals surface area contributed by atoms with Crippen molar-refractivity contribution in [1.82, 2.24) is 5.43 Å². The lowest BCUT2D eigenvalue weighted by atomic mass is 10.0. The highest BCUT2D eigenvalue weighted by atomic mass is 32.1. The van der Waals surface area contributed by atoms with E-state index in [0.29, 0.717) is 0 Å². The van der Waals surface area contributed by atoms with Gasteiger partial charge in [0.1, 0.15) is 5.82 Å². The standard InChI is InChI=1S/C14H15FN2OS/c15-11-4-3-9-6-13(19-12(9)7-11)14(17-16)10-2-1-5-18-8-10/h3-4,6-8,14,17H,1-2,5,16H2. The summed E-state index contributed by atoms with van der Waals surface area (Å²) in [5, 5.41) is 1.04. The Morgan fingerprint density at radius 1 is 1.37 bits per heavy atom. The molecule has 0 amide bonds. The van der Waals surface area contributed by atoms with Crippen molar-refractivity contribution >= 4 is 21.4 Å². The van der Waals surface area contributed by atoms with E-state index in [2.05, 4.69) is 11.5 Å². The lowest BCUT2D eigenvalue weighted by molar-refractivity contribution is 0.219. The number of thiophene rings is 1. The van der Waals surface area contributed by atoms with Gasteiger partial charge in [-0.2, -0.15) is 0 Å². The Bertz CT molecular complexity index is 623. The maximum Gasteiger partial charge on any atom is 0.124 e. The van der Waals surface area contributed by atoms with Crippen molar-refractivity contribution in [2.45, 2.75) is 18.9 Å². The predicted octanol–water partition coefficient (Wildman–Crippen LogP) is 3.24. The number of hydrogen-bond donors (Lipinski definition) is 2. The van der Waals surface area contributed by atoms with Gasteiger partial charge in [-0.1, -0.05) is 6.07 Å². The molecule has 1 unspecified atom stereocenters. The minimum atomic E-state index is -0.210. The van der Waals surface area contributed by atoms with Crippen molar-refractivity contribution in [3.63, 3.8) is 0 Å². The second-order valence-corrected chi connectivity index (χ2v) is 5.71. The van der Waals surface area contributed by atoms with Crippen LogP contribution in [0.5, 0.6) is 0 Å². The Balaban J connectivity index is 1.98. The molecule has 0 bridgehead atoms. The number of hydrogen-bond acceptors (Lipinski definition) is 4. The van der Waals surface area contributed by atoms with Crippen LogP contribution in [0.4, 0.5) is 4.39 Å². The summed E-state index contributed by atoms with van der Waals surface area (Å²) in [6.45, 7) is 0.762. The van der Waals surface area contributed by atoms with Gasteiger partial charge in [0.2, 0.25) is 0 Å². The van der Waals surface area contributed by atoms with Gasteiger partial charge in [0.15, 0.2) is 0 Å². The molecule has 1 aliphatic heterocycles. The first-order valence-electron chi connectivity index (χ1n) is 6.23. The average Bonchev–Trinajstić information content (AvgIpc) is 2.83. The van der Waals surface area contributed by atoms with Gasteiger partial charge >= 0.3 is 0 Å². The van der Waals surface area contributed by atoms with Crippen LogP contribution >= 0.6 is 11.3 Å². The third-order valence-electron chi connectivity index (χ3n) is 3.29. The number of rotatable bonds is 3. The van der Waals surface area contributed by atoms with Crippen LogP contribution in [0.15, 0.2) is 36.1 Å². The summed E-state index contributed by atoms with van der Waals surface area (Å²) >= 11 is 1.56. The fraction of sp³-hybridized carbons (Fsp3) is 0.286. The van der Waals surface area contributed by atoms with Crippen LogP contribution < -0.4 is 11.3 Å². The van der Waals surface area contributed by atoms with Crippen LogP contribution in [0.3, 0.4) is 0 Å². The summed E-state index contributed by atoms with van der Waals surface area (Å²) in [6, 6.07) is 6.83. The fourth-order valence-corrected chi connectivity index (χ4v) is 3.53. The van der Waals surface area contributed by atoms with Gasteiger partial charge in [0, 0.05) is 9.58 Å². The summed E-state index contributed by atoms with van der Waals surface area (Å²) in [6.07, 6.45) is 3.76. The molecule has 3 N–H and O–H groups in total. The Hall–Kier alpha value is -1.43. The quantitative estimate of drug-likeness (QED) is 0.669. The zero-order chi connectivity index (χ0) is 13.2. The third kappa shape index (κ3) is 2.49. The summed E-state index contributed by atoms with van der Waals surface area (Å²) < 4.78 is 19.5. The lowest BCUT2D eigenvalue weighted by Gasteiger charge is -2.21. The number of fused-ring (bicyclic) bond motifs is 1. The molecule has 0 aliphatic carbocycles. The molecule has 0 fully saturated rings. The molecule has 0 saturated heterocycles. The van der Waals surface area contributed by atoms with Gasteiger partial charge in [0.25, 0.3) is 0 Å². The van der Waals surface area contributed by atoms with E-state index in [0.717, 1.165) is 40.0 Å². The molecule has 5 heteroatoms. The molecule has 2 aromatic rings. The summed E-state index contributed by atoms with van der Waals surface area (Å²) in [5.41, 5.74) is 3.97. The molecule has 1 atom stereocenters. The number of nitrogens with two attached hydrogens (primary N) is 1. The van der Waals surface area contributed by atoms with E-state index >= 15 is 0 Å². The van der Waals surface area contributed by atoms with E-state index in [1.165, 1.54) is 6.07 Å². The van der Waals surface area contributed by atoms with Crippen molar-refractivity contribution in [2.24, 2.45) is 5.84 Å². The minimum absolute atomic E-state index is 0.0549. The zero-order valence-electron chi connectivity index (χ0n) is 10.4. The van der Waals surface area contributed by atoms with Gasteiger partial charge in [-0.3, -0.25) is 5.84 Å². The first-order chi connectivity index (χ1) is 9.28. The van der Waals surface area contributed by atoms with Crippen molar-refractivity contribution in [3.8, 4) is 0 Å². The smallest absolute Gasteiger partial charge is 0.124 e. The topological polar surface area (TPSA) is 47.3 Å². The molecule has 0 spiro atoms. The molecule has 1 aromatic heterocycles. The van der Waals surface area contributed by atoms with E-state index < -0.39 is 0 Å². The van der Waals surface area contributed by atoms with Crippen molar-refractivity contribution < 1.29 is 9.13 Å². The molecular formula is C14H15FN2OS. The molecule has 100 valence electrons. The van der Waals surface area contributed by atoms with Crippen molar-refractivity contribution in [1.29, 1.82) is 0 Å². The van der Waals surface area contributed by atoms with Gasteiger partial charge in [-0.05, 0) is 42.0 Å². The summed E-state index contributed by atoms with van der Waals surface area (Å²) in [7, 11) is 0. The Labute approximate surface area is 114 Å². The molecule has 19 heavy (non-hydrogen) atoms. The molecule has 1 aliphatic rings. The van der Waals surface area contributed by atoms with Crippen molar-refractivity contribution in [2.75, 3.05) is 6.61 Å². The van der Waals surface area contributed by atoms with E-state index in [1.54, 1.807) is 29.7 Å². The number of ether oxygens (including phenoxy) is 1. The van der Waals surface area contributed by atoms with Gasteiger partial charge in [-0.25, -0.2) is 9.82 Å². The van der Waals surface area contributed by atoms with E-state index in [1.807, 2.05) is 0 Å². The highest BCUT2D eigenvalue weighted by molar-refractivity contribution is 7.19.